The maximum atomic E-state index is 13.6. The number of anilines is 1. The summed E-state index contributed by atoms with van der Waals surface area (Å²) < 4.78 is 5.98. The highest BCUT2D eigenvalue weighted by atomic mass is 16.5. The summed E-state index contributed by atoms with van der Waals surface area (Å²) in [5.74, 6) is -0.971. The number of amides is 1. The number of benzene rings is 3. The zero-order chi connectivity index (χ0) is 26.9. The number of carboxylic acids is 1. The van der Waals surface area contributed by atoms with Gasteiger partial charge in [-0.05, 0) is 60.8 Å². The minimum atomic E-state index is -1.10. The average Bonchev–Trinajstić information content (AvgIpc) is 2.93. The van der Waals surface area contributed by atoms with Crippen molar-refractivity contribution in [1.29, 1.82) is 0 Å². The first-order valence-corrected chi connectivity index (χ1v) is 13.4. The van der Waals surface area contributed by atoms with E-state index in [9.17, 15) is 14.7 Å². The number of carbonyl (C=O) groups excluding carboxylic acids is 1. The molecule has 1 fully saturated rings. The predicted molar refractivity (Wildman–Crippen MR) is 151 cm³/mol. The van der Waals surface area contributed by atoms with Crippen LogP contribution in [0.3, 0.4) is 0 Å². The van der Waals surface area contributed by atoms with E-state index in [2.05, 4.69) is 29.1 Å². The van der Waals surface area contributed by atoms with Crippen LogP contribution in [0.4, 0.5) is 5.69 Å². The Morgan fingerprint density at radius 3 is 2.39 bits per heavy atom. The quantitative estimate of drug-likeness (QED) is 0.339. The Morgan fingerprint density at radius 2 is 1.68 bits per heavy atom. The van der Waals surface area contributed by atoms with Crippen molar-refractivity contribution < 1.29 is 19.4 Å². The fourth-order valence-corrected chi connectivity index (χ4v) is 4.56. The second-order valence-electron chi connectivity index (χ2n) is 9.81. The Bertz CT molecular complexity index is 1240. The van der Waals surface area contributed by atoms with Crippen molar-refractivity contribution in [1.82, 2.24) is 9.80 Å². The molecule has 3 aromatic rings. The van der Waals surface area contributed by atoms with Crippen LogP contribution < -0.4 is 10.1 Å². The molecular formula is C31H37N3O4. The van der Waals surface area contributed by atoms with Crippen LogP contribution in [0.2, 0.25) is 0 Å². The Labute approximate surface area is 225 Å². The van der Waals surface area contributed by atoms with Gasteiger partial charge in [-0.25, -0.2) is 4.79 Å². The van der Waals surface area contributed by atoms with Gasteiger partial charge in [-0.2, -0.15) is 0 Å². The third-order valence-corrected chi connectivity index (χ3v) is 6.96. The highest BCUT2D eigenvalue weighted by Gasteiger charge is 2.19. The highest BCUT2D eigenvalue weighted by molar-refractivity contribution is 6.09. The van der Waals surface area contributed by atoms with Crippen LogP contribution in [0.5, 0.6) is 5.75 Å². The van der Waals surface area contributed by atoms with Gasteiger partial charge in [0.1, 0.15) is 5.75 Å². The molecule has 0 aromatic heterocycles. The van der Waals surface area contributed by atoms with Gasteiger partial charge in [0.25, 0.3) is 5.91 Å². The smallest absolute Gasteiger partial charge is 0.337 e. The number of nitrogens with zero attached hydrogens (tertiary/aromatic N) is 2. The summed E-state index contributed by atoms with van der Waals surface area (Å²) in [7, 11) is 2.14. The van der Waals surface area contributed by atoms with Gasteiger partial charge in [-0.3, -0.25) is 4.79 Å². The standard InChI is InChI=1S/C31H37N3O4/c1-3-4-20-38-29-13-10-23(14-15-34-18-16-33(2)17-19-34)21-27(29)30(35)32-28-22-25(11-12-26(28)31(36)37)24-8-6-5-7-9-24/h5-13,21-22H,3-4,14-20H2,1-2H3,(H,32,35)(H,36,37). The number of rotatable bonds is 11. The van der Waals surface area contributed by atoms with Crippen LogP contribution in [0, 0.1) is 0 Å². The molecule has 200 valence electrons. The zero-order valence-corrected chi connectivity index (χ0v) is 22.3. The minimum absolute atomic E-state index is 0.0395. The van der Waals surface area contributed by atoms with Crippen LogP contribution >= 0.6 is 0 Å². The molecule has 1 aliphatic rings. The van der Waals surface area contributed by atoms with E-state index in [4.69, 9.17) is 4.74 Å². The molecule has 0 bridgehead atoms. The minimum Gasteiger partial charge on any atom is -0.493 e. The van der Waals surface area contributed by atoms with Gasteiger partial charge in [-0.15, -0.1) is 0 Å². The van der Waals surface area contributed by atoms with E-state index in [0.717, 1.165) is 68.7 Å². The number of nitrogens with one attached hydrogen (secondary N) is 1. The molecule has 38 heavy (non-hydrogen) atoms. The summed E-state index contributed by atoms with van der Waals surface area (Å²) in [6, 6.07) is 20.4. The summed E-state index contributed by atoms with van der Waals surface area (Å²) in [5.41, 5.74) is 3.52. The number of unbranched alkanes of at least 4 members (excludes halogenated alkanes) is 1. The largest absolute Gasteiger partial charge is 0.493 e. The molecule has 1 aliphatic heterocycles. The molecule has 0 aliphatic carbocycles. The summed E-state index contributed by atoms with van der Waals surface area (Å²) in [4.78, 5) is 30.3. The molecule has 1 heterocycles. The normalized spacial score (nSPS) is 14.3. The van der Waals surface area contributed by atoms with Gasteiger partial charge >= 0.3 is 5.97 Å². The first kappa shape index (κ1) is 27.4. The van der Waals surface area contributed by atoms with Gasteiger partial charge in [0.05, 0.1) is 23.4 Å². The molecular weight excluding hydrogens is 478 g/mol. The number of hydrogen-bond donors (Lipinski definition) is 2. The van der Waals surface area contributed by atoms with Crippen molar-refractivity contribution in [3.8, 4) is 16.9 Å². The van der Waals surface area contributed by atoms with Crippen LogP contribution in [0.15, 0.2) is 66.7 Å². The molecule has 0 unspecified atom stereocenters. The number of ether oxygens (including phenoxy) is 1. The second kappa shape index (κ2) is 13.2. The van der Waals surface area contributed by atoms with E-state index < -0.39 is 5.97 Å². The van der Waals surface area contributed by atoms with Crippen LogP contribution in [-0.4, -0.2) is 73.2 Å². The number of carboxylic acid groups (broad SMARTS) is 1. The highest BCUT2D eigenvalue weighted by Crippen LogP contribution is 2.28. The molecule has 1 saturated heterocycles. The van der Waals surface area contributed by atoms with Crippen LogP contribution in [0.1, 0.15) is 46.0 Å². The Balaban J connectivity index is 1.58. The van der Waals surface area contributed by atoms with E-state index in [1.165, 1.54) is 6.07 Å². The summed E-state index contributed by atoms with van der Waals surface area (Å²) >= 11 is 0. The number of piperazine rings is 1. The molecule has 4 rings (SSSR count). The van der Waals surface area contributed by atoms with Crippen molar-refractivity contribution in [2.45, 2.75) is 26.2 Å². The Kier molecular flexibility index (Phi) is 9.51. The van der Waals surface area contributed by atoms with Gasteiger partial charge in [0.15, 0.2) is 0 Å². The monoisotopic (exact) mass is 515 g/mol. The average molecular weight is 516 g/mol. The molecule has 0 atom stereocenters. The molecule has 7 heteroatoms. The molecule has 0 spiro atoms. The molecule has 0 saturated carbocycles. The molecule has 0 radical (unpaired) electrons. The third-order valence-electron chi connectivity index (χ3n) is 6.96. The topological polar surface area (TPSA) is 82.1 Å². The molecule has 3 aromatic carbocycles. The predicted octanol–water partition coefficient (Wildman–Crippen LogP) is 5.27. The van der Waals surface area contributed by atoms with Crippen molar-refractivity contribution in [2.75, 3.05) is 51.7 Å². The fourth-order valence-electron chi connectivity index (χ4n) is 4.56. The molecule has 2 N–H and O–H groups in total. The molecule has 1 amide bonds. The maximum Gasteiger partial charge on any atom is 0.337 e. The lowest BCUT2D eigenvalue weighted by Gasteiger charge is -2.32. The number of aromatic carboxylic acids is 1. The van der Waals surface area contributed by atoms with Crippen molar-refractivity contribution in [3.63, 3.8) is 0 Å². The number of hydrogen-bond acceptors (Lipinski definition) is 5. The maximum absolute atomic E-state index is 13.6. The van der Waals surface area contributed by atoms with Crippen LogP contribution in [0.25, 0.3) is 11.1 Å². The fraction of sp³-hybridized carbons (Fsp3) is 0.355. The first-order chi connectivity index (χ1) is 18.4. The summed E-state index contributed by atoms with van der Waals surface area (Å²) in [6.45, 7) is 7.73. The number of carbonyl (C=O) groups is 2. The second-order valence-corrected chi connectivity index (χ2v) is 9.81. The van der Waals surface area contributed by atoms with E-state index in [1.807, 2.05) is 48.5 Å². The van der Waals surface area contributed by atoms with Crippen molar-refractivity contribution in [3.05, 3.63) is 83.4 Å². The summed E-state index contributed by atoms with van der Waals surface area (Å²) in [5, 5.41) is 12.7. The lowest BCUT2D eigenvalue weighted by atomic mass is 10.0. The van der Waals surface area contributed by atoms with Crippen molar-refractivity contribution >= 4 is 17.6 Å². The third kappa shape index (κ3) is 7.21. The van der Waals surface area contributed by atoms with Gasteiger partial charge in [-0.1, -0.05) is 55.8 Å². The lowest BCUT2D eigenvalue weighted by Crippen LogP contribution is -2.45. The van der Waals surface area contributed by atoms with E-state index in [0.29, 0.717) is 17.9 Å². The van der Waals surface area contributed by atoms with E-state index in [-0.39, 0.29) is 17.2 Å². The number of likely N-dealkylation sites (N-methyl/N-ethyl adjacent to an activating group) is 1. The van der Waals surface area contributed by atoms with Gasteiger partial charge in [0, 0.05) is 32.7 Å². The van der Waals surface area contributed by atoms with Gasteiger partial charge in [0.2, 0.25) is 0 Å². The van der Waals surface area contributed by atoms with Crippen LogP contribution in [-0.2, 0) is 6.42 Å². The van der Waals surface area contributed by atoms with Gasteiger partial charge < -0.3 is 25.0 Å². The van der Waals surface area contributed by atoms with Crippen molar-refractivity contribution in [2.24, 2.45) is 0 Å². The lowest BCUT2D eigenvalue weighted by molar-refractivity contribution is 0.0698. The molecule has 7 nitrogen and oxygen atoms in total. The Morgan fingerprint density at radius 1 is 0.921 bits per heavy atom. The van der Waals surface area contributed by atoms with E-state index in [1.54, 1.807) is 12.1 Å². The van der Waals surface area contributed by atoms with E-state index >= 15 is 0 Å². The zero-order valence-electron chi connectivity index (χ0n) is 22.3. The SMILES string of the molecule is CCCCOc1ccc(CCN2CCN(C)CC2)cc1C(=O)Nc1cc(-c2ccccc2)ccc1C(=O)O. The first-order valence-electron chi connectivity index (χ1n) is 13.4. The Hall–Kier alpha value is -3.68. The summed E-state index contributed by atoms with van der Waals surface area (Å²) in [6.07, 6.45) is 2.69.